The van der Waals surface area contributed by atoms with E-state index in [4.69, 9.17) is 4.74 Å². The first-order chi connectivity index (χ1) is 7.59. The Labute approximate surface area is 97.6 Å². The van der Waals surface area contributed by atoms with Crippen LogP contribution < -0.4 is 0 Å². The zero-order chi connectivity index (χ0) is 12.2. The normalized spacial score (nSPS) is 28.2. The molecule has 0 aliphatic carbocycles. The molecule has 0 saturated carbocycles. The van der Waals surface area contributed by atoms with Crippen LogP contribution in [0.2, 0.25) is 0 Å². The predicted octanol–water partition coefficient (Wildman–Crippen LogP) is 1.60. The summed E-state index contributed by atoms with van der Waals surface area (Å²) in [6, 6.07) is 0.359. The highest BCUT2D eigenvalue weighted by atomic mass is 16.5. The van der Waals surface area contributed by atoms with Crippen molar-refractivity contribution in [1.29, 1.82) is 0 Å². The lowest BCUT2D eigenvalue weighted by Crippen LogP contribution is -2.40. The van der Waals surface area contributed by atoms with E-state index in [1.165, 1.54) is 0 Å². The van der Waals surface area contributed by atoms with Crippen LogP contribution in [0.3, 0.4) is 0 Å². The molecule has 0 aromatic rings. The van der Waals surface area contributed by atoms with E-state index < -0.39 is 11.4 Å². The Balaban J connectivity index is 2.65. The van der Waals surface area contributed by atoms with E-state index in [1.54, 1.807) is 7.11 Å². The summed E-state index contributed by atoms with van der Waals surface area (Å²) in [5, 5.41) is 9.31. The molecule has 1 N–H and O–H groups in total. The van der Waals surface area contributed by atoms with E-state index in [0.717, 1.165) is 19.4 Å². The van der Waals surface area contributed by atoms with E-state index in [1.807, 2.05) is 6.92 Å². The zero-order valence-electron chi connectivity index (χ0n) is 10.5. The number of ether oxygens (including phenoxy) is 1. The molecule has 0 aromatic carbocycles. The Hall–Kier alpha value is -0.610. The lowest BCUT2D eigenvalue weighted by Gasteiger charge is -2.28. The van der Waals surface area contributed by atoms with Crippen molar-refractivity contribution in [2.24, 2.45) is 5.41 Å². The van der Waals surface area contributed by atoms with Crippen LogP contribution in [-0.4, -0.2) is 48.8 Å². The highest BCUT2D eigenvalue weighted by Crippen LogP contribution is 2.35. The van der Waals surface area contributed by atoms with Gasteiger partial charge in [-0.05, 0) is 25.8 Å². The molecule has 0 spiro atoms. The molecule has 94 valence electrons. The van der Waals surface area contributed by atoms with Gasteiger partial charge in [-0.1, -0.05) is 13.8 Å². The molecule has 4 heteroatoms. The van der Waals surface area contributed by atoms with E-state index in [-0.39, 0.29) is 0 Å². The van der Waals surface area contributed by atoms with Crippen molar-refractivity contribution in [3.8, 4) is 0 Å². The molecule has 16 heavy (non-hydrogen) atoms. The zero-order valence-corrected chi connectivity index (χ0v) is 10.5. The highest BCUT2D eigenvalue weighted by molar-refractivity contribution is 5.75. The minimum absolute atomic E-state index is 0.359. The van der Waals surface area contributed by atoms with Gasteiger partial charge < -0.3 is 9.84 Å². The van der Waals surface area contributed by atoms with Crippen molar-refractivity contribution in [2.75, 3.05) is 26.8 Å². The summed E-state index contributed by atoms with van der Waals surface area (Å²) in [5.74, 6) is -0.648. The Kier molecular flexibility index (Phi) is 4.74. The molecule has 0 amide bonds. The topological polar surface area (TPSA) is 49.8 Å². The van der Waals surface area contributed by atoms with Gasteiger partial charge in [-0.2, -0.15) is 0 Å². The second-order valence-electron chi connectivity index (χ2n) is 4.68. The van der Waals surface area contributed by atoms with Crippen molar-refractivity contribution in [3.63, 3.8) is 0 Å². The van der Waals surface area contributed by atoms with Crippen LogP contribution in [0.1, 0.15) is 33.1 Å². The van der Waals surface area contributed by atoms with Gasteiger partial charge in [0.1, 0.15) is 0 Å². The average Bonchev–Trinajstić information content (AvgIpc) is 2.71. The second kappa shape index (κ2) is 5.64. The van der Waals surface area contributed by atoms with Gasteiger partial charge >= 0.3 is 5.97 Å². The van der Waals surface area contributed by atoms with Crippen LogP contribution in [0.5, 0.6) is 0 Å². The standard InChI is InChI=1S/C12H23NO3/c1-4-10(8-16-3)13-7-6-12(5-2,9-13)11(14)15/h10H,4-9H2,1-3H3,(H,14,15). The fourth-order valence-electron chi connectivity index (χ4n) is 2.50. The van der Waals surface area contributed by atoms with Gasteiger partial charge in [-0.25, -0.2) is 0 Å². The maximum atomic E-state index is 11.3. The van der Waals surface area contributed by atoms with Crippen molar-refractivity contribution < 1.29 is 14.6 Å². The molecule has 0 aromatic heterocycles. The highest BCUT2D eigenvalue weighted by Gasteiger charge is 2.44. The van der Waals surface area contributed by atoms with Gasteiger partial charge in [0.2, 0.25) is 0 Å². The molecular formula is C12H23NO3. The maximum Gasteiger partial charge on any atom is 0.310 e. The van der Waals surface area contributed by atoms with Gasteiger partial charge in [0.25, 0.3) is 0 Å². The maximum absolute atomic E-state index is 11.3. The monoisotopic (exact) mass is 229 g/mol. The molecule has 4 nitrogen and oxygen atoms in total. The number of carboxylic acid groups (broad SMARTS) is 1. The quantitative estimate of drug-likeness (QED) is 0.751. The number of nitrogens with zero attached hydrogens (tertiary/aromatic N) is 1. The average molecular weight is 229 g/mol. The molecule has 1 heterocycles. The summed E-state index contributed by atoms with van der Waals surface area (Å²) in [6.45, 7) is 6.32. The molecule has 1 aliphatic rings. The first-order valence-electron chi connectivity index (χ1n) is 6.06. The molecular weight excluding hydrogens is 206 g/mol. The molecule has 2 unspecified atom stereocenters. The van der Waals surface area contributed by atoms with Crippen LogP contribution in [0.15, 0.2) is 0 Å². The number of carbonyl (C=O) groups is 1. The summed E-state index contributed by atoms with van der Waals surface area (Å²) in [4.78, 5) is 13.6. The van der Waals surface area contributed by atoms with Crippen LogP contribution in [-0.2, 0) is 9.53 Å². The van der Waals surface area contributed by atoms with Crippen molar-refractivity contribution in [1.82, 2.24) is 4.90 Å². The number of rotatable bonds is 6. The van der Waals surface area contributed by atoms with Gasteiger partial charge in [-0.15, -0.1) is 0 Å². The SMILES string of the molecule is CCC(COC)N1CCC(CC)(C(=O)O)C1. The van der Waals surface area contributed by atoms with Gasteiger partial charge in [0, 0.05) is 19.7 Å². The number of aliphatic carboxylic acids is 1. The molecule has 1 aliphatic heterocycles. The fourth-order valence-corrected chi connectivity index (χ4v) is 2.50. The van der Waals surface area contributed by atoms with Crippen LogP contribution in [0.25, 0.3) is 0 Å². The van der Waals surface area contributed by atoms with Crippen molar-refractivity contribution in [3.05, 3.63) is 0 Å². The van der Waals surface area contributed by atoms with Crippen LogP contribution in [0, 0.1) is 5.41 Å². The minimum Gasteiger partial charge on any atom is -0.481 e. The number of likely N-dealkylation sites (tertiary alicyclic amines) is 1. The third kappa shape index (κ3) is 2.55. The Bertz CT molecular complexity index is 244. The molecule has 0 radical (unpaired) electrons. The molecule has 1 rings (SSSR count). The Morgan fingerprint density at radius 2 is 2.25 bits per heavy atom. The van der Waals surface area contributed by atoms with Crippen molar-refractivity contribution >= 4 is 5.97 Å². The van der Waals surface area contributed by atoms with Gasteiger partial charge in [-0.3, -0.25) is 9.69 Å². The summed E-state index contributed by atoms with van der Waals surface area (Å²) in [6.07, 6.45) is 2.48. The Morgan fingerprint density at radius 1 is 1.56 bits per heavy atom. The molecule has 2 atom stereocenters. The smallest absolute Gasteiger partial charge is 0.310 e. The third-order valence-corrected chi connectivity index (χ3v) is 3.86. The van der Waals surface area contributed by atoms with Crippen LogP contribution in [0.4, 0.5) is 0 Å². The van der Waals surface area contributed by atoms with Gasteiger partial charge in [0.05, 0.1) is 12.0 Å². The third-order valence-electron chi connectivity index (χ3n) is 3.86. The van der Waals surface area contributed by atoms with Crippen LogP contribution >= 0.6 is 0 Å². The van der Waals surface area contributed by atoms with E-state index in [9.17, 15) is 9.90 Å². The second-order valence-corrected chi connectivity index (χ2v) is 4.68. The summed E-state index contributed by atoms with van der Waals surface area (Å²) >= 11 is 0. The van der Waals surface area contributed by atoms with Gasteiger partial charge in [0.15, 0.2) is 0 Å². The van der Waals surface area contributed by atoms with E-state index in [0.29, 0.717) is 25.6 Å². The summed E-state index contributed by atoms with van der Waals surface area (Å²) in [5.41, 5.74) is -0.527. The van der Waals surface area contributed by atoms with E-state index in [2.05, 4.69) is 11.8 Å². The largest absolute Gasteiger partial charge is 0.481 e. The first kappa shape index (κ1) is 13.5. The number of hydrogen-bond acceptors (Lipinski definition) is 3. The summed E-state index contributed by atoms with van der Waals surface area (Å²) in [7, 11) is 1.70. The lowest BCUT2D eigenvalue weighted by atomic mass is 9.84. The predicted molar refractivity (Wildman–Crippen MR) is 62.5 cm³/mol. The number of carboxylic acids is 1. The Morgan fingerprint density at radius 3 is 2.62 bits per heavy atom. The summed E-state index contributed by atoms with van der Waals surface area (Å²) < 4.78 is 5.18. The number of hydrogen-bond donors (Lipinski definition) is 1. The lowest BCUT2D eigenvalue weighted by molar-refractivity contribution is -0.148. The van der Waals surface area contributed by atoms with Crippen molar-refractivity contribution in [2.45, 2.75) is 39.2 Å². The molecule has 1 saturated heterocycles. The minimum atomic E-state index is -0.648. The molecule has 1 fully saturated rings. The molecule has 0 bridgehead atoms. The van der Waals surface area contributed by atoms with E-state index >= 15 is 0 Å². The number of methoxy groups -OCH3 is 1. The fraction of sp³-hybridized carbons (Fsp3) is 0.917. The first-order valence-corrected chi connectivity index (χ1v) is 6.06.